The Balaban J connectivity index is 2.24. The van der Waals surface area contributed by atoms with Crippen molar-refractivity contribution in [1.82, 2.24) is 24.8 Å². The maximum atomic E-state index is 12.6. The summed E-state index contributed by atoms with van der Waals surface area (Å²) in [5, 5.41) is 13.3. The third kappa shape index (κ3) is 2.49. The molecule has 0 fully saturated rings. The highest BCUT2D eigenvalue weighted by Gasteiger charge is 2.35. The number of hydrogen-bond donors (Lipinski definition) is 1. The Morgan fingerprint density at radius 3 is 2.40 bits per heavy atom. The molecule has 0 aliphatic carbocycles. The van der Waals surface area contributed by atoms with Crippen LogP contribution in [0.1, 0.15) is 21.9 Å². The van der Waals surface area contributed by atoms with Gasteiger partial charge in [-0.05, 0) is 6.92 Å². The zero-order valence-electron chi connectivity index (χ0n) is 10.9. The molecule has 1 amide bonds. The second-order valence-electron chi connectivity index (χ2n) is 4.14. The summed E-state index contributed by atoms with van der Waals surface area (Å²) in [7, 11) is 2.74. The molecular weight excluding hydrogens is 277 g/mol. The molecule has 2 rings (SSSR count). The number of alkyl halides is 3. The molecular formula is C10H11F3N6O. The molecule has 1 N–H and O–H groups in total. The van der Waals surface area contributed by atoms with Crippen LogP contribution in [0.5, 0.6) is 0 Å². The zero-order valence-corrected chi connectivity index (χ0v) is 10.9. The lowest BCUT2D eigenvalue weighted by Crippen LogP contribution is -2.14. The number of carbonyl (C=O) groups is 1. The van der Waals surface area contributed by atoms with Crippen molar-refractivity contribution in [2.24, 2.45) is 14.1 Å². The number of hydrogen-bond acceptors (Lipinski definition) is 4. The van der Waals surface area contributed by atoms with Crippen LogP contribution in [0.4, 0.5) is 19.0 Å². The summed E-state index contributed by atoms with van der Waals surface area (Å²) in [6, 6.07) is 0.682. The van der Waals surface area contributed by atoms with E-state index in [0.29, 0.717) is 16.4 Å². The summed E-state index contributed by atoms with van der Waals surface area (Å²) in [4.78, 5) is 11.8. The smallest absolute Gasteiger partial charge is 0.302 e. The van der Waals surface area contributed by atoms with Crippen molar-refractivity contribution >= 4 is 11.7 Å². The van der Waals surface area contributed by atoms with Gasteiger partial charge in [0.15, 0.2) is 11.5 Å². The van der Waals surface area contributed by atoms with Gasteiger partial charge in [-0.2, -0.15) is 18.3 Å². The van der Waals surface area contributed by atoms with Crippen molar-refractivity contribution in [3.05, 3.63) is 23.1 Å². The average molecular weight is 288 g/mol. The van der Waals surface area contributed by atoms with Crippen LogP contribution < -0.4 is 5.32 Å². The van der Waals surface area contributed by atoms with E-state index in [1.54, 1.807) is 14.0 Å². The minimum absolute atomic E-state index is 0.178. The highest BCUT2D eigenvalue weighted by atomic mass is 19.4. The summed E-state index contributed by atoms with van der Waals surface area (Å²) >= 11 is 0. The summed E-state index contributed by atoms with van der Waals surface area (Å²) in [5.74, 6) is -0.601. The van der Waals surface area contributed by atoms with E-state index in [0.717, 1.165) is 7.05 Å². The molecule has 10 heteroatoms. The number of nitrogens with zero attached hydrogens (tertiary/aromatic N) is 5. The molecule has 2 heterocycles. The minimum atomic E-state index is -4.57. The molecule has 0 aliphatic heterocycles. The zero-order chi connectivity index (χ0) is 15.1. The molecule has 108 valence electrons. The van der Waals surface area contributed by atoms with Gasteiger partial charge in [0.2, 0.25) is 0 Å². The molecule has 0 atom stereocenters. The van der Waals surface area contributed by atoms with Crippen molar-refractivity contribution in [1.29, 1.82) is 0 Å². The van der Waals surface area contributed by atoms with Gasteiger partial charge in [-0.3, -0.25) is 14.2 Å². The monoisotopic (exact) mass is 288 g/mol. The van der Waals surface area contributed by atoms with E-state index in [-0.39, 0.29) is 11.5 Å². The second kappa shape index (κ2) is 4.62. The van der Waals surface area contributed by atoms with Crippen LogP contribution in [0, 0.1) is 6.92 Å². The fourth-order valence-electron chi connectivity index (χ4n) is 1.54. The molecule has 0 saturated heterocycles. The predicted molar refractivity (Wildman–Crippen MR) is 61.9 cm³/mol. The first-order valence-electron chi connectivity index (χ1n) is 5.49. The van der Waals surface area contributed by atoms with Crippen molar-refractivity contribution in [2.75, 3.05) is 5.32 Å². The Morgan fingerprint density at radius 1 is 1.30 bits per heavy atom. The highest BCUT2D eigenvalue weighted by molar-refractivity contribution is 6.02. The molecule has 0 spiro atoms. The molecule has 0 saturated carbocycles. The van der Waals surface area contributed by atoms with Gasteiger partial charge in [-0.15, -0.1) is 5.10 Å². The van der Waals surface area contributed by atoms with E-state index in [1.807, 2.05) is 0 Å². The highest BCUT2D eigenvalue weighted by Crippen LogP contribution is 2.29. The van der Waals surface area contributed by atoms with E-state index >= 15 is 0 Å². The van der Waals surface area contributed by atoms with Crippen LogP contribution in [0.15, 0.2) is 6.07 Å². The Labute approximate surface area is 111 Å². The third-order valence-electron chi connectivity index (χ3n) is 2.74. The predicted octanol–water partition coefficient (Wildman–Crippen LogP) is 1.13. The minimum Gasteiger partial charge on any atom is -0.302 e. The van der Waals surface area contributed by atoms with E-state index in [1.165, 1.54) is 4.68 Å². The summed E-state index contributed by atoms with van der Waals surface area (Å²) in [5.41, 5.74) is -0.770. The number of aryl methyl sites for hydroxylation is 2. The van der Waals surface area contributed by atoms with Gasteiger partial charge in [0.05, 0.1) is 5.69 Å². The van der Waals surface area contributed by atoms with Crippen LogP contribution in [0.2, 0.25) is 0 Å². The normalized spacial score (nSPS) is 11.7. The number of nitrogens with one attached hydrogen (secondary N) is 1. The first-order valence-corrected chi connectivity index (χ1v) is 5.49. The van der Waals surface area contributed by atoms with Gasteiger partial charge >= 0.3 is 6.18 Å². The van der Waals surface area contributed by atoms with E-state index < -0.39 is 17.8 Å². The largest absolute Gasteiger partial charge is 0.433 e. The van der Waals surface area contributed by atoms with Crippen LogP contribution in [-0.2, 0) is 20.3 Å². The fraction of sp³-hybridized carbons (Fsp3) is 0.400. The van der Waals surface area contributed by atoms with Crippen LogP contribution >= 0.6 is 0 Å². The quantitative estimate of drug-likeness (QED) is 0.898. The van der Waals surface area contributed by atoms with Crippen molar-refractivity contribution in [3.63, 3.8) is 0 Å². The van der Waals surface area contributed by atoms with Crippen molar-refractivity contribution in [2.45, 2.75) is 13.1 Å². The van der Waals surface area contributed by atoms with Gasteiger partial charge < -0.3 is 5.32 Å². The van der Waals surface area contributed by atoms with Crippen molar-refractivity contribution < 1.29 is 18.0 Å². The first kappa shape index (κ1) is 14.0. The topological polar surface area (TPSA) is 77.6 Å². The van der Waals surface area contributed by atoms with Crippen LogP contribution in [0.3, 0.4) is 0 Å². The molecule has 0 unspecified atom stereocenters. The number of aromatic nitrogens is 5. The van der Waals surface area contributed by atoms with Gasteiger partial charge in [-0.1, -0.05) is 5.21 Å². The molecule has 0 aliphatic rings. The fourth-order valence-corrected chi connectivity index (χ4v) is 1.54. The SMILES string of the molecule is Cc1c(NC(=O)c2cc(C(F)(F)F)n(C)n2)nnn1C. The van der Waals surface area contributed by atoms with Gasteiger partial charge in [0.1, 0.15) is 5.69 Å². The third-order valence-corrected chi connectivity index (χ3v) is 2.74. The Morgan fingerprint density at radius 2 is 1.95 bits per heavy atom. The van der Waals surface area contributed by atoms with E-state index in [9.17, 15) is 18.0 Å². The van der Waals surface area contributed by atoms with Gasteiger partial charge in [0.25, 0.3) is 5.91 Å². The lowest BCUT2D eigenvalue weighted by Gasteiger charge is -2.04. The lowest BCUT2D eigenvalue weighted by atomic mass is 10.3. The van der Waals surface area contributed by atoms with Crippen LogP contribution in [0.25, 0.3) is 0 Å². The van der Waals surface area contributed by atoms with E-state index in [2.05, 4.69) is 20.7 Å². The standard InChI is InChI=1S/C10H11F3N6O/c1-5-8(15-17-18(5)2)14-9(20)6-4-7(10(11,12)13)19(3)16-6/h4H,1-3H3,(H,14,20). The van der Waals surface area contributed by atoms with Gasteiger partial charge in [0, 0.05) is 20.2 Å². The summed E-state index contributed by atoms with van der Waals surface area (Å²) < 4.78 is 39.8. The Bertz CT molecular complexity index is 656. The maximum Gasteiger partial charge on any atom is 0.433 e. The average Bonchev–Trinajstić information content (AvgIpc) is 2.86. The second-order valence-corrected chi connectivity index (χ2v) is 4.14. The van der Waals surface area contributed by atoms with Crippen molar-refractivity contribution in [3.8, 4) is 0 Å². The molecule has 0 radical (unpaired) electrons. The molecule has 20 heavy (non-hydrogen) atoms. The molecule has 7 nitrogen and oxygen atoms in total. The molecule has 2 aromatic rings. The summed E-state index contributed by atoms with van der Waals surface area (Å²) in [6.45, 7) is 1.66. The molecule has 2 aromatic heterocycles. The number of carbonyl (C=O) groups excluding carboxylic acids is 1. The summed E-state index contributed by atoms with van der Waals surface area (Å²) in [6.07, 6.45) is -4.57. The first-order chi connectivity index (χ1) is 9.20. The van der Waals surface area contributed by atoms with E-state index in [4.69, 9.17) is 0 Å². The lowest BCUT2D eigenvalue weighted by molar-refractivity contribution is -0.143. The number of anilines is 1. The number of amides is 1. The Hall–Kier alpha value is -2.39. The molecule has 0 aromatic carbocycles. The van der Waals surface area contributed by atoms with Crippen LogP contribution in [-0.4, -0.2) is 30.7 Å². The van der Waals surface area contributed by atoms with Gasteiger partial charge in [-0.25, -0.2) is 0 Å². The number of halogens is 3. The molecule has 0 bridgehead atoms. The maximum absolute atomic E-state index is 12.6. The Kier molecular flexibility index (Phi) is 3.24. The number of rotatable bonds is 2.